The van der Waals surface area contributed by atoms with Crippen molar-refractivity contribution in [2.45, 2.75) is 0 Å². The number of ether oxygens (including phenoxy) is 1. The predicted molar refractivity (Wildman–Crippen MR) is 77.1 cm³/mol. The first-order valence-corrected chi connectivity index (χ1v) is 6.12. The molecule has 0 unspecified atom stereocenters. The number of methoxy groups -OCH3 is 1. The van der Waals surface area contributed by atoms with Crippen LogP contribution >= 0.6 is 0 Å². The molecule has 0 radical (unpaired) electrons. The Morgan fingerprint density at radius 3 is 2.15 bits per heavy atom. The standard InChI is InChI=1S/C15H13BF3O/c1-20-15-5-3-2-4-13(15)9-6-12-7-10-14(11-8-12)16(17,18)19/h2-11H,1H3/q-1/b9-6+. The number of halogens is 3. The molecule has 0 saturated heterocycles. The van der Waals surface area contributed by atoms with Crippen molar-refractivity contribution >= 4 is 24.6 Å². The van der Waals surface area contributed by atoms with Crippen molar-refractivity contribution in [3.8, 4) is 5.75 Å². The van der Waals surface area contributed by atoms with Crippen molar-refractivity contribution in [3.63, 3.8) is 0 Å². The van der Waals surface area contributed by atoms with Gasteiger partial charge in [0.05, 0.1) is 7.11 Å². The Labute approximate surface area is 115 Å². The summed E-state index contributed by atoms with van der Waals surface area (Å²) in [6.45, 7) is -4.93. The highest BCUT2D eigenvalue weighted by atomic mass is 19.4. The molecule has 0 aliphatic heterocycles. The van der Waals surface area contributed by atoms with Crippen molar-refractivity contribution in [3.05, 3.63) is 59.7 Å². The van der Waals surface area contributed by atoms with E-state index in [4.69, 9.17) is 4.74 Å². The van der Waals surface area contributed by atoms with Crippen LogP contribution < -0.4 is 10.2 Å². The molecule has 0 aliphatic rings. The van der Waals surface area contributed by atoms with E-state index in [1.807, 2.05) is 30.3 Å². The quantitative estimate of drug-likeness (QED) is 0.608. The molecule has 5 heteroatoms. The maximum atomic E-state index is 12.5. The zero-order valence-corrected chi connectivity index (χ0v) is 10.9. The van der Waals surface area contributed by atoms with Crippen LogP contribution in [-0.4, -0.2) is 14.1 Å². The molecular formula is C15H13BF3O-. The first-order chi connectivity index (χ1) is 9.50. The summed E-state index contributed by atoms with van der Waals surface area (Å²) in [4.78, 5) is 0. The Morgan fingerprint density at radius 2 is 1.55 bits per heavy atom. The van der Waals surface area contributed by atoms with Crippen LogP contribution in [0.15, 0.2) is 48.5 Å². The Hall–Kier alpha value is -2.17. The van der Waals surface area contributed by atoms with Gasteiger partial charge in [0.1, 0.15) is 5.75 Å². The first kappa shape index (κ1) is 14.2. The fourth-order valence-electron chi connectivity index (χ4n) is 1.82. The average molecular weight is 277 g/mol. The highest BCUT2D eigenvalue weighted by molar-refractivity contribution is 6.73. The number of benzene rings is 2. The number of rotatable bonds is 4. The molecule has 0 fully saturated rings. The third-order valence-electron chi connectivity index (χ3n) is 2.91. The van der Waals surface area contributed by atoms with Gasteiger partial charge in [0, 0.05) is 5.56 Å². The van der Waals surface area contributed by atoms with E-state index in [1.54, 1.807) is 13.2 Å². The zero-order chi connectivity index (χ0) is 14.6. The molecule has 0 amide bonds. The molecule has 2 aromatic carbocycles. The second kappa shape index (κ2) is 5.86. The van der Waals surface area contributed by atoms with Gasteiger partial charge in [0.15, 0.2) is 0 Å². The Morgan fingerprint density at radius 1 is 0.900 bits per heavy atom. The van der Waals surface area contributed by atoms with E-state index >= 15 is 0 Å². The molecule has 0 spiro atoms. The van der Waals surface area contributed by atoms with E-state index in [1.165, 1.54) is 12.1 Å². The Bertz CT molecular complexity index is 603. The third kappa shape index (κ3) is 3.44. The molecule has 0 bridgehead atoms. The predicted octanol–water partition coefficient (Wildman–Crippen LogP) is 3.92. The average Bonchev–Trinajstić information content (AvgIpc) is 2.45. The van der Waals surface area contributed by atoms with E-state index in [-0.39, 0.29) is 0 Å². The summed E-state index contributed by atoms with van der Waals surface area (Å²) in [5.41, 5.74) is 0.998. The molecule has 0 N–H and O–H groups in total. The van der Waals surface area contributed by atoms with Crippen molar-refractivity contribution < 1.29 is 17.7 Å². The number of para-hydroxylation sites is 1. The molecule has 0 aromatic heterocycles. The van der Waals surface area contributed by atoms with Crippen molar-refractivity contribution in [1.29, 1.82) is 0 Å². The molecule has 2 rings (SSSR count). The SMILES string of the molecule is COc1ccccc1/C=C/c1ccc([B-](F)(F)F)cc1. The van der Waals surface area contributed by atoms with E-state index in [2.05, 4.69) is 0 Å². The van der Waals surface area contributed by atoms with Gasteiger partial charge in [-0.2, -0.15) is 0 Å². The summed E-state index contributed by atoms with van der Waals surface area (Å²) in [6.07, 6.45) is 3.57. The largest absolute Gasteiger partial charge is 0.509 e. The number of hydrogen-bond donors (Lipinski definition) is 0. The minimum Gasteiger partial charge on any atom is -0.496 e. The lowest BCUT2D eigenvalue weighted by molar-refractivity contribution is 0.414. The maximum Gasteiger partial charge on any atom is 0.509 e. The van der Waals surface area contributed by atoms with E-state index in [9.17, 15) is 12.9 Å². The monoisotopic (exact) mass is 277 g/mol. The molecule has 104 valence electrons. The lowest BCUT2D eigenvalue weighted by Gasteiger charge is -2.14. The third-order valence-corrected chi connectivity index (χ3v) is 2.91. The first-order valence-electron chi connectivity index (χ1n) is 6.12. The molecule has 1 nitrogen and oxygen atoms in total. The van der Waals surface area contributed by atoms with Gasteiger partial charge in [0.2, 0.25) is 0 Å². The van der Waals surface area contributed by atoms with E-state index < -0.39 is 12.4 Å². The summed E-state index contributed by atoms with van der Waals surface area (Å²) in [7, 11) is 1.58. The topological polar surface area (TPSA) is 9.23 Å². The van der Waals surface area contributed by atoms with Gasteiger partial charge in [0.25, 0.3) is 0 Å². The molecule has 0 aliphatic carbocycles. The van der Waals surface area contributed by atoms with Gasteiger partial charge in [-0.15, -0.1) is 5.46 Å². The summed E-state index contributed by atoms with van der Waals surface area (Å²) in [5, 5.41) is 0. The van der Waals surface area contributed by atoms with Gasteiger partial charge in [-0.25, -0.2) is 0 Å². The van der Waals surface area contributed by atoms with Crippen LogP contribution in [-0.2, 0) is 0 Å². The lowest BCUT2D eigenvalue weighted by atomic mass is 9.80. The molecule has 0 saturated carbocycles. The van der Waals surface area contributed by atoms with Crippen LogP contribution in [0.25, 0.3) is 12.2 Å². The molecule has 2 aromatic rings. The van der Waals surface area contributed by atoms with Crippen LogP contribution in [0.1, 0.15) is 11.1 Å². The summed E-state index contributed by atoms with van der Waals surface area (Å²) in [5.74, 6) is 0.721. The van der Waals surface area contributed by atoms with Gasteiger partial charge in [-0.05, 0) is 11.6 Å². The number of hydrogen-bond acceptors (Lipinski definition) is 1. The van der Waals surface area contributed by atoms with Crippen molar-refractivity contribution in [1.82, 2.24) is 0 Å². The summed E-state index contributed by atoms with van der Waals surface area (Å²) >= 11 is 0. The smallest absolute Gasteiger partial charge is 0.496 e. The highest BCUT2D eigenvalue weighted by Gasteiger charge is 2.24. The van der Waals surface area contributed by atoms with Gasteiger partial charge in [-0.3, -0.25) is 0 Å². The molecule has 0 heterocycles. The normalized spacial score (nSPS) is 11.8. The summed E-state index contributed by atoms with van der Waals surface area (Å²) in [6, 6.07) is 12.5. The van der Waals surface area contributed by atoms with Crippen LogP contribution in [0.2, 0.25) is 0 Å². The zero-order valence-electron chi connectivity index (χ0n) is 10.9. The van der Waals surface area contributed by atoms with Crippen molar-refractivity contribution in [2.75, 3.05) is 7.11 Å². The second-order valence-corrected chi connectivity index (χ2v) is 4.32. The van der Waals surface area contributed by atoms with E-state index in [0.29, 0.717) is 5.56 Å². The lowest BCUT2D eigenvalue weighted by Crippen LogP contribution is -2.33. The van der Waals surface area contributed by atoms with Crippen LogP contribution in [0.3, 0.4) is 0 Å². The molecule has 20 heavy (non-hydrogen) atoms. The van der Waals surface area contributed by atoms with Gasteiger partial charge in [-0.1, -0.05) is 54.6 Å². The van der Waals surface area contributed by atoms with Gasteiger partial charge >= 0.3 is 6.98 Å². The summed E-state index contributed by atoms with van der Waals surface area (Å²) < 4.78 is 42.7. The second-order valence-electron chi connectivity index (χ2n) is 4.32. The fourth-order valence-corrected chi connectivity index (χ4v) is 1.82. The fraction of sp³-hybridized carbons (Fsp3) is 0.0667. The van der Waals surface area contributed by atoms with Crippen LogP contribution in [0.4, 0.5) is 12.9 Å². The van der Waals surface area contributed by atoms with Crippen molar-refractivity contribution in [2.24, 2.45) is 0 Å². The van der Waals surface area contributed by atoms with Crippen LogP contribution in [0, 0.1) is 0 Å². The molecular weight excluding hydrogens is 264 g/mol. The molecule has 0 atom stereocenters. The minimum absolute atomic E-state index is 0.584. The highest BCUT2D eigenvalue weighted by Crippen LogP contribution is 2.20. The Balaban J connectivity index is 2.20. The van der Waals surface area contributed by atoms with E-state index in [0.717, 1.165) is 23.4 Å². The maximum absolute atomic E-state index is 12.5. The van der Waals surface area contributed by atoms with Crippen LogP contribution in [0.5, 0.6) is 5.75 Å². The Kier molecular flexibility index (Phi) is 4.18. The van der Waals surface area contributed by atoms with Gasteiger partial charge < -0.3 is 17.7 Å². The minimum atomic E-state index is -4.93.